The van der Waals surface area contributed by atoms with Gasteiger partial charge in [0.2, 0.25) is 5.91 Å². The van der Waals surface area contributed by atoms with Gasteiger partial charge < -0.3 is 5.32 Å². The van der Waals surface area contributed by atoms with Crippen LogP contribution in [-0.4, -0.2) is 5.91 Å². The highest BCUT2D eigenvalue weighted by Gasteiger charge is 1.98. The second-order valence-electron chi connectivity index (χ2n) is 2.38. The van der Waals surface area contributed by atoms with Gasteiger partial charge in [0.15, 0.2) is 0 Å². The van der Waals surface area contributed by atoms with E-state index in [2.05, 4.69) is 24.4 Å². The Hall–Kier alpha value is -2.01. The second-order valence-corrected chi connectivity index (χ2v) is 2.38. The lowest BCUT2D eigenvalue weighted by atomic mass is 10.3. The minimum Gasteiger partial charge on any atom is -0.325 e. The van der Waals surface area contributed by atoms with Crippen LogP contribution in [0, 0.1) is 12.3 Å². The zero-order chi connectivity index (χ0) is 10.8. The molecule has 72 valence electrons. The van der Waals surface area contributed by atoms with Crippen molar-refractivity contribution >= 4 is 5.91 Å². The number of nitrogens with one attached hydrogen (secondary N) is 1. The summed E-state index contributed by atoms with van der Waals surface area (Å²) in [6.45, 7) is 7.06. The molecule has 0 bridgehead atoms. The summed E-state index contributed by atoms with van der Waals surface area (Å²) in [5.41, 5.74) is 0.639. The molecule has 0 atom stereocenters. The zero-order valence-electron chi connectivity index (χ0n) is 7.99. The van der Waals surface area contributed by atoms with Crippen LogP contribution in [0.4, 0.5) is 0 Å². The van der Waals surface area contributed by atoms with Crippen molar-refractivity contribution in [3.63, 3.8) is 0 Å². The molecule has 0 unspecified atom stereocenters. The molecule has 0 saturated carbocycles. The summed E-state index contributed by atoms with van der Waals surface area (Å²) in [4.78, 5) is 11.1. The molecule has 0 spiro atoms. The Kier molecular flexibility index (Phi) is 6.53. The minimum atomic E-state index is -0.214. The third-order valence-electron chi connectivity index (χ3n) is 1.26. The van der Waals surface area contributed by atoms with E-state index in [0.29, 0.717) is 5.70 Å². The summed E-state index contributed by atoms with van der Waals surface area (Å²) in [6.07, 6.45) is 13.4. The van der Waals surface area contributed by atoms with Crippen molar-refractivity contribution in [2.24, 2.45) is 0 Å². The molecule has 0 saturated heterocycles. The molecule has 1 N–H and O–H groups in total. The maximum absolute atomic E-state index is 11.1. The first-order valence-corrected chi connectivity index (χ1v) is 4.09. The van der Waals surface area contributed by atoms with Crippen molar-refractivity contribution in [3.8, 4) is 12.3 Å². The van der Waals surface area contributed by atoms with Gasteiger partial charge in [0.05, 0.1) is 6.42 Å². The fraction of sp³-hybridized carbons (Fsp3) is 0.0833. The van der Waals surface area contributed by atoms with Crippen LogP contribution in [0.3, 0.4) is 0 Å². The van der Waals surface area contributed by atoms with E-state index in [9.17, 15) is 4.79 Å². The van der Waals surface area contributed by atoms with Gasteiger partial charge in [0.25, 0.3) is 0 Å². The van der Waals surface area contributed by atoms with E-state index < -0.39 is 0 Å². The Morgan fingerprint density at radius 2 is 2.14 bits per heavy atom. The lowest BCUT2D eigenvalue weighted by Gasteiger charge is -2.02. The highest BCUT2D eigenvalue weighted by Crippen LogP contribution is 1.94. The predicted molar refractivity (Wildman–Crippen MR) is 59.2 cm³/mol. The standard InChI is InChI=1S/C12H13NO/c1-4-7-10-11(8-5-2)13-12(14)9-6-3/h3-5,7-8,10H,1-2,9H2,(H,13,14)/b10-7-,11-8+. The minimum absolute atomic E-state index is 0.0659. The molecule has 0 radical (unpaired) electrons. The Labute approximate surface area is 84.7 Å². The van der Waals surface area contributed by atoms with E-state index in [1.807, 2.05) is 0 Å². The number of carbonyl (C=O) groups is 1. The van der Waals surface area contributed by atoms with E-state index in [1.165, 1.54) is 0 Å². The van der Waals surface area contributed by atoms with Gasteiger partial charge in [0, 0.05) is 5.70 Å². The molecule has 2 nitrogen and oxygen atoms in total. The quantitative estimate of drug-likeness (QED) is 0.517. The van der Waals surface area contributed by atoms with Crippen molar-refractivity contribution in [1.82, 2.24) is 5.32 Å². The normalized spacial score (nSPS) is 10.6. The number of amides is 1. The van der Waals surface area contributed by atoms with Crippen molar-refractivity contribution in [3.05, 3.63) is 49.2 Å². The van der Waals surface area contributed by atoms with E-state index in [-0.39, 0.29) is 12.3 Å². The van der Waals surface area contributed by atoms with Gasteiger partial charge in [-0.25, -0.2) is 0 Å². The summed E-state index contributed by atoms with van der Waals surface area (Å²) in [5.74, 6) is 2.05. The number of rotatable bonds is 5. The van der Waals surface area contributed by atoms with Crippen LogP contribution in [0.25, 0.3) is 0 Å². The van der Waals surface area contributed by atoms with Crippen LogP contribution in [0.1, 0.15) is 6.42 Å². The van der Waals surface area contributed by atoms with E-state index in [1.54, 1.807) is 30.4 Å². The summed E-state index contributed by atoms with van der Waals surface area (Å²) in [5, 5.41) is 2.63. The molecule has 2 heteroatoms. The predicted octanol–water partition coefficient (Wildman–Crippen LogP) is 1.94. The number of allylic oxidation sites excluding steroid dienone is 5. The van der Waals surface area contributed by atoms with Crippen LogP contribution in [0.15, 0.2) is 49.2 Å². The fourth-order valence-electron chi connectivity index (χ4n) is 0.735. The van der Waals surface area contributed by atoms with E-state index in [0.717, 1.165) is 0 Å². The van der Waals surface area contributed by atoms with E-state index in [4.69, 9.17) is 6.42 Å². The smallest absolute Gasteiger partial charge is 0.236 e. The molecule has 14 heavy (non-hydrogen) atoms. The van der Waals surface area contributed by atoms with Gasteiger partial charge >= 0.3 is 0 Å². The molecule has 0 aromatic heterocycles. The van der Waals surface area contributed by atoms with Gasteiger partial charge in [-0.15, -0.1) is 6.42 Å². The van der Waals surface area contributed by atoms with Gasteiger partial charge in [-0.2, -0.15) is 0 Å². The van der Waals surface area contributed by atoms with Crippen molar-refractivity contribution in [1.29, 1.82) is 0 Å². The molecule has 0 aliphatic heterocycles. The van der Waals surface area contributed by atoms with Crippen molar-refractivity contribution in [2.75, 3.05) is 0 Å². The summed E-state index contributed by atoms with van der Waals surface area (Å²) in [6, 6.07) is 0. The molecule has 0 heterocycles. The van der Waals surface area contributed by atoms with Crippen LogP contribution in [0.2, 0.25) is 0 Å². The molecular formula is C12H13NO. The number of hydrogen-bond acceptors (Lipinski definition) is 1. The van der Waals surface area contributed by atoms with Gasteiger partial charge in [0.1, 0.15) is 0 Å². The number of carbonyl (C=O) groups excluding carboxylic acids is 1. The second kappa shape index (κ2) is 7.63. The topological polar surface area (TPSA) is 29.1 Å². The molecule has 0 aromatic carbocycles. The van der Waals surface area contributed by atoms with Crippen LogP contribution in [-0.2, 0) is 4.79 Å². The maximum Gasteiger partial charge on any atom is 0.236 e. The van der Waals surface area contributed by atoms with E-state index >= 15 is 0 Å². The Morgan fingerprint density at radius 3 is 2.64 bits per heavy atom. The SMILES string of the molecule is C#CCC(=O)NC(/C=C\C=C)=C/C=C. The average Bonchev–Trinajstić information content (AvgIpc) is 2.15. The third kappa shape index (κ3) is 5.62. The van der Waals surface area contributed by atoms with Gasteiger partial charge in [-0.1, -0.05) is 37.3 Å². The molecule has 1 amide bonds. The Bertz CT molecular complexity index is 316. The molecule has 0 aromatic rings. The van der Waals surface area contributed by atoms with Crippen LogP contribution >= 0.6 is 0 Å². The zero-order valence-corrected chi connectivity index (χ0v) is 7.99. The first kappa shape index (κ1) is 12.0. The summed E-state index contributed by atoms with van der Waals surface area (Å²) >= 11 is 0. The molecule has 0 aliphatic rings. The number of hydrogen-bond donors (Lipinski definition) is 1. The maximum atomic E-state index is 11.1. The Morgan fingerprint density at radius 1 is 1.43 bits per heavy atom. The Balaban J connectivity index is 4.39. The number of terminal acetylenes is 1. The lowest BCUT2D eigenvalue weighted by molar-refractivity contribution is -0.119. The molecule has 0 fully saturated rings. The first-order valence-electron chi connectivity index (χ1n) is 4.09. The van der Waals surface area contributed by atoms with Crippen molar-refractivity contribution in [2.45, 2.75) is 6.42 Å². The molecule has 0 aliphatic carbocycles. The lowest BCUT2D eigenvalue weighted by Crippen LogP contribution is -2.20. The summed E-state index contributed by atoms with van der Waals surface area (Å²) in [7, 11) is 0. The molecular weight excluding hydrogens is 174 g/mol. The van der Waals surface area contributed by atoms with Gasteiger partial charge in [-0.3, -0.25) is 4.79 Å². The van der Waals surface area contributed by atoms with Crippen LogP contribution in [0.5, 0.6) is 0 Å². The van der Waals surface area contributed by atoms with Crippen molar-refractivity contribution < 1.29 is 4.79 Å². The molecule has 0 rings (SSSR count). The third-order valence-corrected chi connectivity index (χ3v) is 1.26. The first-order chi connectivity index (χ1) is 6.74. The largest absolute Gasteiger partial charge is 0.325 e. The monoisotopic (exact) mass is 187 g/mol. The highest BCUT2D eigenvalue weighted by atomic mass is 16.1. The van der Waals surface area contributed by atoms with Gasteiger partial charge in [-0.05, 0) is 12.2 Å². The van der Waals surface area contributed by atoms with Crippen LogP contribution < -0.4 is 5.32 Å². The average molecular weight is 187 g/mol. The summed E-state index contributed by atoms with van der Waals surface area (Å²) < 4.78 is 0. The fourth-order valence-corrected chi connectivity index (χ4v) is 0.735. The highest BCUT2D eigenvalue weighted by molar-refractivity contribution is 5.80.